The highest BCUT2D eigenvalue weighted by Crippen LogP contribution is 2.36. The maximum atomic E-state index is 13.6. The molecular weight excluding hydrogens is 550 g/mol. The van der Waals surface area contributed by atoms with E-state index in [0.717, 1.165) is 49.3 Å². The molecule has 2 atom stereocenters. The number of hydrogen-bond donors (Lipinski definition) is 1. The van der Waals surface area contributed by atoms with Crippen molar-refractivity contribution in [3.63, 3.8) is 0 Å². The van der Waals surface area contributed by atoms with E-state index in [1.165, 1.54) is 28.1 Å². The Morgan fingerprint density at radius 2 is 1.91 bits per heavy atom. The van der Waals surface area contributed by atoms with Gasteiger partial charge < -0.3 is 24.9 Å². The molecule has 2 aromatic carbocycles. The van der Waals surface area contributed by atoms with Crippen molar-refractivity contribution in [3.8, 4) is 6.07 Å². The highest BCUT2D eigenvalue weighted by Gasteiger charge is 2.33. The van der Waals surface area contributed by atoms with E-state index in [9.17, 15) is 14.9 Å². The van der Waals surface area contributed by atoms with E-state index in [1.807, 2.05) is 6.07 Å². The van der Waals surface area contributed by atoms with Gasteiger partial charge in [0, 0.05) is 61.1 Å². The van der Waals surface area contributed by atoms with Crippen molar-refractivity contribution in [1.29, 1.82) is 5.26 Å². The minimum atomic E-state index is -0.253. The van der Waals surface area contributed by atoms with Crippen molar-refractivity contribution >= 4 is 34.0 Å². The number of anilines is 2. The zero-order chi connectivity index (χ0) is 30.8. The molecule has 2 fully saturated rings. The van der Waals surface area contributed by atoms with Crippen LogP contribution in [0.1, 0.15) is 46.6 Å². The summed E-state index contributed by atoms with van der Waals surface area (Å²) in [5, 5.41) is 15.2. The van der Waals surface area contributed by atoms with Gasteiger partial charge in [-0.25, -0.2) is 4.98 Å². The third kappa shape index (κ3) is 5.74. The lowest BCUT2D eigenvalue weighted by Gasteiger charge is -2.43. The molecule has 4 heterocycles. The lowest BCUT2D eigenvalue weighted by molar-refractivity contribution is -0.128. The third-order valence-corrected chi connectivity index (χ3v) is 9.60. The fourth-order valence-electron chi connectivity index (χ4n) is 7.19. The number of rotatable bonds is 7. The molecule has 3 aromatic rings. The number of carbonyl (C=O) groups is 2. The molecule has 0 spiro atoms. The lowest BCUT2D eigenvalue weighted by atomic mass is 9.97. The minimum absolute atomic E-state index is 0.153. The second-order valence-corrected chi connectivity index (χ2v) is 12.3. The number of likely N-dealkylation sites (N-methyl/N-ethyl adjacent to an activating group) is 1. The summed E-state index contributed by atoms with van der Waals surface area (Å²) < 4.78 is 0. The Morgan fingerprint density at radius 3 is 2.66 bits per heavy atom. The number of piperazine rings is 1. The Kier molecular flexibility index (Phi) is 8.53. The molecule has 9 nitrogen and oxygen atoms in total. The van der Waals surface area contributed by atoms with Crippen LogP contribution in [0.15, 0.2) is 55.1 Å². The Bertz CT molecular complexity index is 1620. The number of aromatic nitrogens is 1. The van der Waals surface area contributed by atoms with Crippen LogP contribution in [0.3, 0.4) is 0 Å². The van der Waals surface area contributed by atoms with Gasteiger partial charge in [-0.2, -0.15) is 5.26 Å². The van der Waals surface area contributed by atoms with Crippen LogP contribution in [0.2, 0.25) is 0 Å². The molecule has 1 aromatic heterocycles. The summed E-state index contributed by atoms with van der Waals surface area (Å²) in [6.07, 6.45) is 4.56. The third-order valence-electron chi connectivity index (χ3n) is 9.60. The number of fused-ring (bicyclic) bond motifs is 2. The predicted octanol–water partition coefficient (Wildman–Crippen LogP) is 4.05. The Labute approximate surface area is 259 Å². The molecule has 0 aliphatic carbocycles. The molecule has 3 aliphatic heterocycles. The number of carbonyl (C=O) groups excluding carboxylic acids is 2. The van der Waals surface area contributed by atoms with Crippen molar-refractivity contribution in [2.75, 3.05) is 56.1 Å². The average Bonchev–Trinajstić information content (AvgIpc) is 3.46. The first-order valence-corrected chi connectivity index (χ1v) is 15.7. The number of likely N-dealkylation sites (tertiary alicyclic amines) is 1. The summed E-state index contributed by atoms with van der Waals surface area (Å²) >= 11 is 0. The molecule has 228 valence electrons. The molecule has 6 rings (SSSR count). The Morgan fingerprint density at radius 1 is 1.09 bits per heavy atom. The van der Waals surface area contributed by atoms with Crippen LogP contribution in [0, 0.1) is 18.3 Å². The van der Waals surface area contributed by atoms with Crippen molar-refractivity contribution in [2.24, 2.45) is 0 Å². The lowest BCUT2D eigenvalue weighted by Crippen LogP contribution is -2.55. The van der Waals surface area contributed by atoms with Crippen LogP contribution >= 0.6 is 0 Å². The molecule has 0 unspecified atom stereocenters. The molecule has 2 amide bonds. The van der Waals surface area contributed by atoms with Gasteiger partial charge >= 0.3 is 0 Å². The van der Waals surface area contributed by atoms with E-state index in [1.54, 1.807) is 4.90 Å². The standard InChI is InChI=1S/C35H41N7O2/c1-4-33(43)42-19-18-41(22-27(42)13-15-36)32-20-29(35(44)37-21-26-11-7-16-39(26)3)38-30-23-40(17-14-28(30)32)31-12-6-10-25-9-5-8-24(2)34(25)31/h4-6,8-10,12,20,26-27H,1,7,11,13-14,16-19,21-23H2,2-3H3,(H,37,44)/t26-,27-/m0/s1. The topological polar surface area (TPSA) is 95.8 Å². The molecule has 0 radical (unpaired) electrons. The van der Waals surface area contributed by atoms with E-state index >= 15 is 0 Å². The first-order chi connectivity index (χ1) is 21.4. The Hall–Kier alpha value is -4.42. The maximum Gasteiger partial charge on any atom is 0.270 e. The molecular formula is C35H41N7O2. The van der Waals surface area contributed by atoms with E-state index in [0.29, 0.717) is 44.5 Å². The highest BCUT2D eigenvalue weighted by molar-refractivity contribution is 5.97. The largest absolute Gasteiger partial charge is 0.367 e. The molecule has 9 heteroatoms. The van der Waals surface area contributed by atoms with Gasteiger partial charge in [-0.3, -0.25) is 9.59 Å². The molecule has 3 aliphatic rings. The quantitative estimate of drug-likeness (QED) is 0.415. The minimum Gasteiger partial charge on any atom is -0.367 e. The molecule has 0 saturated carbocycles. The average molecular weight is 592 g/mol. The molecule has 2 saturated heterocycles. The van der Waals surface area contributed by atoms with Gasteiger partial charge in [0.1, 0.15) is 5.69 Å². The van der Waals surface area contributed by atoms with Gasteiger partial charge in [0.25, 0.3) is 5.91 Å². The van der Waals surface area contributed by atoms with E-state index in [-0.39, 0.29) is 24.3 Å². The van der Waals surface area contributed by atoms with Gasteiger partial charge in [-0.05, 0) is 68.9 Å². The zero-order valence-corrected chi connectivity index (χ0v) is 25.8. The van der Waals surface area contributed by atoms with Crippen LogP contribution in [-0.2, 0) is 17.8 Å². The van der Waals surface area contributed by atoms with E-state index in [2.05, 4.69) is 83.0 Å². The number of benzene rings is 2. The Balaban J connectivity index is 1.35. The maximum absolute atomic E-state index is 13.6. The highest BCUT2D eigenvalue weighted by atomic mass is 16.2. The van der Waals surface area contributed by atoms with Crippen molar-refractivity contribution in [2.45, 2.75) is 51.2 Å². The fraction of sp³-hybridized carbons (Fsp3) is 0.429. The normalized spacial score (nSPS) is 20.3. The van der Waals surface area contributed by atoms with Crippen molar-refractivity contribution in [1.82, 2.24) is 20.1 Å². The number of nitrogens with zero attached hydrogens (tertiary/aromatic N) is 6. The van der Waals surface area contributed by atoms with Crippen molar-refractivity contribution in [3.05, 3.63) is 77.6 Å². The predicted molar refractivity (Wildman–Crippen MR) is 174 cm³/mol. The van der Waals surface area contributed by atoms with Gasteiger partial charge in [0.15, 0.2) is 0 Å². The number of nitrogens with one attached hydrogen (secondary N) is 1. The van der Waals surface area contributed by atoms with Crippen LogP contribution in [0.25, 0.3) is 10.8 Å². The molecule has 44 heavy (non-hydrogen) atoms. The second kappa shape index (κ2) is 12.7. The SMILES string of the molecule is C=CC(=O)N1CCN(c2cc(C(=O)NC[C@@H]3CCCN3C)nc3c2CCN(c2cccc4cccc(C)c24)C3)C[C@@H]1CC#N. The summed E-state index contributed by atoms with van der Waals surface area (Å²) in [6.45, 7) is 10.5. The number of pyridine rings is 1. The van der Waals surface area contributed by atoms with Gasteiger partial charge in [-0.15, -0.1) is 0 Å². The molecule has 0 bridgehead atoms. The first-order valence-electron chi connectivity index (χ1n) is 15.7. The van der Waals surface area contributed by atoms with Crippen LogP contribution in [0.5, 0.6) is 0 Å². The zero-order valence-electron chi connectivity index (χ0n) is 25.8. The van der Waals surface area contributed by atoms with Crippen LogP contribution in [-0.4, -0.2) is 85.0 Å². The summed E-state index contributed by atoms with van der Waals surface area (Å²) in [6, 6.07) is 17.1. The fourth-order valence-corrected chi connectivity index (χ4v) is 7.19. The molecule has 1 N–H and O–H groups in total. The summed E-state index contributed by atoms with van der Waals surface area (Å²) in [7, 11) is 2.11. The number of amides is 2. The number of hydrogen-bond acceptors (Lipinski definition) is 7. The van der Waals surface area contributed by atoms with E-state index < -0.39 is 0 Å². The number of nitriles is 1. The monoisotopic (exact) mass is 591 g/mol. The van der Waals surface area contributed by atoms with E-state index in [4.69, 9.17) is 4.98 Å². The van der Waals surface area contributed by atoms with Gasteiger partial charge in [-0.1, -0.05) is 36.9 Å². The van der Waals surface area contributed by atoms with Crippen LogP contribution < -0.4 is 15.1 Å². The summed E-state index contributed by atoms with van der Waals surface area (Å²) in [5.41, 5.74) is 5.86. The first kappa shape index (κ1) is 29.6. The van der Waals surface area contributed by atoms with Gasteiger partial charge in [0.2, 0.25) is 5.91 Å². The van der Waals surface area contributed by atoms with Crippen LogP contribution in [0.4, 0.5) is 11.4 Å². The van der Waals surface area contributed by atoms with Crippen molar-refractivity contribution < 1.29 is 9.59 Å². The summed E-state index contributed by atoms with van der Waals surface area (Å²) in [5.74, 6) is -0.318. The summed E-state index contributed by atoms with van der Waals surface area (Å²) in [4.78, 5) is 39.9. The second-order valence-electron chi connectivity index (χ2n) is 12.3. The number of aryl methyl sites for hydroxylation is 1. The van der Waals surface area contributed by atoms with Gasteiger partial charge in [0.05, 0.1) is 30.8 Å². The smallest absolute Gasteiger partial charge is 0.270 e.